The SMILES string of the molecule is CCC1CCC(N(C)C(CNCC(C)C)COC)CC1. The van der Waals surface area contributed by atoms with E-state index in [1.54, 1.807) is 0 Å². The van der Waals surface area contributed by atoms with Crippen LogP contribution in [0.4, 0.5) is 0 Å². The molecule has 1 saturated carbocycles. The highest BCUT2D eigenvalue weighted by atomic mass is 16.5. The minimum absolute atomic E-state index is 0.502. The number of nitrogens with one attached hydrogen (secondary N) is 1. The van der Waals surface area contributed by atoms with Crippen LogP contribution < -0.4 is 5.32 Å². The highest BCUT2D eigenvalue weighted by molar-refractivity contribution is 4.83. The van der Waals surface area contributed by atoms with Crippen LogP contribution in [0, 0.1) is 11.8 Å². The summed E-state index contributed by atoms with van der Waals surface area (Å²) in [5.74, 6) is 1.68. The molecule has 1 N–H and O–H groups in total. The second kappa shape index (κ2) is 9.75. The van der Waals surface area contributed by atoms with E-state index >= 15 is 0 Å². The summed E-state index contributed by atoms with van der Waals surface area (Å²) in [5, 5.41) is 3.59. The first-order chi connectivity index (χ1) is 9.58. The van der Waals surface area contributed by atoms with Crippen molar-refractivity contribution < 1.29 is 4.74 Å². The molecule has 0 saturated heterocycles. The van der Waals surface area contributed by atoms with Gasteiger partial charge in [0.2, 0.25) is 0 Å². The molecule has 1 aliphatic rings. The first-order valence-corrected chi connectivity index (χ1v) is 8.50. The summed E-state index contributed by atoms with van der Waals surface area (Å²) >= 11 is 0. The molecule has 120 valence electrons. The van der Waals surface area contributed by atoms with Crippen LogP contribution >= 0.6 is 0 Å². The van der Waals surface area contributed by atoms with Gasteiger partial charge >= 0.3 is 0 Å². The van der Waals surface area contributed by atoms with Crippen molar-refractivity contribution >= 4 is 0 Å². The lowest BCUT2D eigenvalue weighted by molar-refractivity contribution is 0.0593. The van der Waals surface area contributed by atoms with E-state index in [9.17, 15) is 0 Å². The van der Waals surface area contributed by atoms with E-state index < -0.39 is 0 Å². The summed E-state index contributed by atoms with van der Waals surface area (Å²) in [7, 11) is 4.11. The van der Waals surface area contributed by atoms with Crippen molar-refractivity contribution in [3.8, 4) is 0 Å². The molecule has 0 aromatic heterocycles. The van der Waals surface area contributed by atoms with Crippen LogP contribution in [0.1, 0.15) is 52.9 Å². The molecule has 1 fully saturated rings. The Hall–Kier alpha value is -0.120. The van der Waals surface area contributed by atoms with Gasteiger partial charge in [-0.15, -0.1) is 0 Å². The first-order valence-electron chi connectivity index (χ1n) is 8.50. The van der Waals surface area contributed by atoms with Crippen LogP contribution in [0.15, 0.2) is 0 Å². The summed E-state index contributed by atoms with van der Waals surface area (Å²) in [5.41, 5.74) is 0. The Kier molecular flexibility index (Phi) is 8.74. The van der Waals surface area contributed by atoms with Gasteiger partial charge in [-0.05, 0) is 51.1 Å². The topological polar surface area (TPSA) is 24.5 Å². The first kappa shape index (κ1) is 17.9. The Morgan fingerprint density at radius 2 is 1.80 bits per heavy atom. The number of nitrogens with zero attached hydrogens (tertiary/aromatic N) is 1. The van der Waals surface area contributed by atoms with Crippen molar-refractivity contribution in [1.82, 2.24) is 10.2 Å². The number of rotatable bonds is 9. The molecule has 1 aliphatic carbocycles. The van der Waals surface area contributed by atoms with Crippen LogP contribution in [0.25, 0.3) is 0 Å². The van der Waals surface area contributed by atoms with Gasteiger partial charge in [-0.2, -0.15) is 0 Å². The Morgan fingerprint density at radius 1 is 1.15 bits per heavy atom. The fourth-order valence-electron chi connectivity index (χ4n) is 3.31. The minimum Gasteiger partial charge on any atom is -0.383 e. The Balaban J connectivity index is 2.40. The lowest BCUT2D eigenvalue weighted by atomic mass is 9.83. The van der Waals surface area contributed by atoms with E-state index in [1.165, 1.54) is 32.1 Å². The third kappa shape index (κ3) is 6.11. The molecule has 1 rings (SSSR count). The summed E-state index contributed by atoms with van der Waals surface area (Å²) in [6, 6.07) is 1.25. The quantitative estimate of drug-likeness (QED) is 0.704. The molecule has 1 atom stereocenters. The number of hydrogen-bond donors (Lipinski definition) is 1. The largest absolute Gasteiger partial charge is 0.383 e. The predicted octanol–water partition coefficient (Wildman–Crippen LogP) is 3.15. The standard InChI is InChI=1S/C17H36N2O/c1-6-15-7-9-16(10-8-15)19(4)17(13-20-5)12-18-11-14(2)3/h14-18H,6-13H2,1-5H3. The molecule has 20 heavy (non-hydrogen) atoms. The van der Waals surface area contributed by atoms with Crippen LogP contribution in [0.3, 0.4) is 0 Å². The van der Waals surface area contributed by atoms with E-state index in [-0.39, 0.29) is 0 Å². The van der Waals surface area contributed by atoms with Gasteiger partial charge in [0.1, 0.15) is 0 Å². The van der Waals surface area contributed by atoms with Crippen molar-refractivity contribution in [2.45, 2.75) is 65.0 Å². The van der Waals surface area contributed by atoms with Crippen molar-refractivity contribution in [1.29, 1.82) is 0 Å². The van der Waals surface area contributed by atoms with Gasteiger partial charge in [0, 0.05) is 25.7 Å². The molecule has 0 aromatic carbocycles. The van der Waals surface area contributed by atoms with Gasteiger partial charge in [0.15, 0.2) is 0 Å². The number of ether oxygens (including phenoxy) is 1. The van der Waals surface area contributed by atoms with Gasteiger partial charge in [0.25, 0.3) is 0 Å². The van der Waals surface area contributed by atoms with E-state index in [4.69, 9.17) is 4.74 Å². The maximum Gasteiger partial charge on any atom is 0.0630 e. The zero-order valence-corrected chi connectivity index (χ0v) is 14.3. The highest BCUT2D eigenvalue weighted by Gasteiger charge is 2.27. The minimum atomic E-state index is 0.502. The zero-order chi connectivity index (χ0) is 15.0. The molecule has 0 bridgehead atoms. The third-order valence-corrected chi connectivity index (χ3v) is 4.84. The second-order valence-electron chi connectivity index (χ2n) is 6.91. The van der Waals surface area contributed by atoms with Crippen molar-refractivity contribution in [3.63, 3.8) is 0 Å². The fraction of sp³-hybridized carbons (Fsp3) is 1.00. The fourth-order valence-corrected chi connectivity index (χ4v) is 3.31. The van der Waals surface area contributed by atoms with Crippen LogP contribution in [0.2, 0.25) is 0 Å². The van der Waals surface area contributed by atoms with Gasteiger partial charge in [-0.25, -0.2) is 0 Å². The van der Waals surface area contributed by atoms with Gasteiger partial charge in [0.05, 0.1) is 6.61 Å². The predicted molar refractivity (Wildman–Crippen MR) is 87.2 cm³/mol. The van der Waals surface area contributed by atoms with E-state index in [0.717, 1.165) is 31.7 Å². The van der Waals surface area contributed by atoms with Crippen molar-refractivity contribution in [2.75, 3.05) is 33.9 Å². The zero-order valence-electron chi connectivity index (χ0n) is 14.3. The summed E-state index contributed by atoms with van der Waals surface area (Å²) in [6.45, 7) is 9.81. The Morgan fingerprint density at radius 3 is 2.30 bits per heavy atom. The lowest BCUT2D eigenvalue weighted by Crippen LogP contribution is -2.49. The maximum absolute atomic E-state index is 5.43. The van der Waals surface area contributed by atoms with Gasteiger partial charge < -0.3 is 10.1 Å². The normalized spacial score (nSPS) is 25.4. The van der Waals surface area contributed by atoms with Crippen LogP contribution in [-0.2, 0) is 4.74 Å². The molecular formula is C17H36N2O. The Bertz CT molecular complexity index is 237. The van der Waals surface area contributed by atoms with Crippen molar-refractivity contribution in [2.24, 2.45) is 11.8 Å². The molecule has 3 nitrogen and oxygen atoms in total. The van der Waals surface area contributed by atoms with Gasteiger partial charge in [-0.3, -0.25) is 4.90 Å². The third-order valence-electron chi connectivity index (χ3n) is 4.84. The average Bonchev–Trinajstić information content (AvgIpc) is 2.45. The van der Waals surface area contributed by atoms with Crippen molar-refractivity contribution in [3.05, 3.63) is 0 Å². The summed E-state index contributed by atoms with van der Waals surface area (Å²) < 4.78 is 5.43. The molecule has 0 radical (unpaired) electrons. The smallest absolute Gasteiger partial charge is 0.0630 e. The lowest BCUT2D eigenvalue weighted by Gasteiger charge is -2.39. The molecule has 1 unspecified atom stereocenters. The summed E-state index contributed by atoms with van der Waals surface area (Å²) in [6.07, 6.45) is 6.89. The molecule has 0 spiro atoms. The number of hydrogen-bond acceptors (Lipinski definition) is 3. The summed E-state index contributed by atoms with van der Waals surface area (Å²) in [4.78, 5) is 2.57. The van der Waals surface area contributed by atoms with E-state index in [1.807, 2.05) is 7.11 Å². The monoisotopic (exact) mass is 284 g/mol. The molecule has 0 aromatic rings. The van der Waals surface area contributed by atoms with E-state index in [2.05, 4.69) is 38.0 Å². The number of likely N-dealkylation sites (N-methyl/N-ethyl adjacent to an activating group) is 1. The highest BCUT2D eigenvalue weighted by Crippen LogP contribution is 2.29. The second-order valence-corrected chi connectivity index (χ2v) is 6.91. The molecule has 0 heterocycles. The average molecular weight is 284 g/mol. The molecule has 0 aliphatic heterocycles. The molecular weight excluding hydrogens is 248 g/mol. The molecule has 3 heteroatoms. The van der Waals surface area contributed by atoms with Crippen LogP contribution in [0.5, 0.6) is 0 Å². The maximum atomic E-state index is 5.43. The van der Waals surface area contributed by atoms with Gasteiger partial charge in [-0.1, -0.05) is 27.2 Å². The number of methoxy groups -OCH3 is 1. The Labute approximate surface area is 126 Å². The molecule has 0 amide bonds. The van der Waals surface area contributed by atoms with Crippen LogP contribution in [-0.4, -0.2) is 50.8 Å². The van der Waals surface area contributed by atoms with E-state index in [0.29, 0.717) is 12.0 Å².